The van der Waals surface area contributed by atoms with Crippen molar-refractivity contribution in [3.8, 4) is 17.2 Å². The van der Waals surface area contributed by atoms with E-state index in [1.54, 1.807) is 51.8 Å². The quantitative estimate of drug-likeness (QED) is 0.366. The van der Waals surface area contributed by atoms with Crippen molar-refractivity contribution in [2.75, 3.05) is 58.1 Å². The zero-order valence-corrected chi connectivity index (χ0v) is 21.5. The number of thiol groups is 1. The van der Waals surface area contributed by atoms with Crippen molar-refractivity contribution in [1.82, 2.24) is 24.2 Å². The first-order valence-electron chi connectivity index (χ1n) is 11.7. The maximum atomic E-state index is 12.6. The van der Waals surface area contributed by atoms with Crippen LogP contribution in [0.2, 0.25) is 0 Å². The van der Waals surface area contributed by atoms with Gasteiger partial charge in [0, 0.05) is 30.9 Å². The van der Waals surface area contributed by atoms with Crippen molar-refractivity contribution < 1.29 is 19.0 Å². The maximum absolute atomic E-state index is 12.6. The van der Waals surface area contributed by atoms with Crippen molar-refractivity contribution in [2.24, 2.45) is 0 Å². The molecule has 2 N–H and O–H groups in total. The van der Waals surface area contributed by atoms with Gasteiger partial charge in [0.25, 0.3) is 0 Å². The fourth-order valence-corrected chi connectivity index (χ4v) is 4.16. The molecule has 2 amide bonds. The molecule has 11 nitrogen and oxygen atoms in total. The summed E-state index contributed by atoms with van der Waals surface area (Å²) in [5, 5.41) is 5.96. The van der Waals surface area contributed by atoms with E-state index in [1.165, 1.54) is 23.6 Å². The predicted molar refractivity (Wildman–Crippen MR) is 142 cm³/mol. The third-order valence-electron chi connectivity index (χ3n) is 5.89. The zero-order valence-electron chi connectivity index (χ0n) is 20.7. The minimum Gasteiger partial charge on any atom is -0.493 e. The third kappa shape index (κ3) is 6.18. The van der Waals surface area contributed by atoms with Crippen LogP contribution in [-0.2, 0) is 0 Å². The summed E-state index contributed by atoms with van der Waals surface area (Å²) in [6, 6.07) is 6.63. The van der Waals surface area contributed by atoms with Gasteiger partial charge in [-0.2, -0.15) is 0 Å². The molecule has 1 fully saturated rings. The highest BCUT2D eigenvalue weighted by molar-refractivity contribution is 7.78. The van der Waals surface area contributed by atoms with E-state index in [4.69, 9.17) is 14.2 Å². The largest absolute Gasteiger partial charge is 0.493 e. The Morgan fingerprint density at radius 2 is 1.72 bits per heavy atom. The van der Waals surface area contributed by atoms with Crippen LogP contribution < -0.4 is 24.8 Å². The molecule has 1 saturated heterocycles. The van der Waals surface area contributed by atoms with Crippen LogP contribution in [-0.4, -0.2) is 77.7 Å². The highest BCUT2D eigenvalue weighted by atomic mass is 32.1. The molecule has 0 atom stereocenters. The molecule has 36 heavy (non-hydrogen) atoms. The summed E-state index contributed by atoms with van der Waals surface area (Å²) in [7, 11) is 4.65. The molecule has 2 aromatic heterocycles. The van der Waals surface area contributed by atoms with Crippen LogP contribution in [0.15, 0.2) is 30.5 Å². The first kappa shape index (κ1) is 25.6. The number of nitrogens with zero attached hydrogens (tertiary/aromatic N) is 5. The van der Waals surface area contributed by atoms with Crippen LogP contribution in [0.3, 0.4) is 0 Å². The van der Waals surface area contributed by atoms with Crippen LogP contribution in [0, 0.1) is 0 Å². The summed E-state index contributed by atoms with van der Waals surface area (Å²) in [6.07, 6.45) is 5.29. The second-order valence-electron chi connectivity index (χ2n) is 8.29. The lowest BCUT2D eigenvalue weighted by molar-refractivity contribution is 0.209. The lowest BCUT2D eigenvalue weighted by Gasteiger charge is -2.28. The van der Waals surface area contributed by atoms with Crippen LogP contribution >= 0.6 is 12.8 Å². The van der Waals surface area contributed by atoms with Crippen LogP contribution in [0.1, 0.15) is 19.3 Å². The molecular weight excluding hydrogens is 482 g/mol. The van der Waals surface area contributed by atoms with Gasteiger partial charge in [0.2, 0.25) is 5.75 Å². The topological polar surface area (TPSA) is 114 Å². The summed E-state index contributed by atoms with van der Waals surface area (Å²) in [6.45, 7) is 3.45. The molecule has 1 aliphatic heterocycles. The van der Waals surface area contributed by atoms with Crippen LogP contribution in [0.4, 0.5) is 22.1 Å². The van der Waals surface area contributed by atoms with Crippen molar-refractivity contribution >= 4 is 47.3 Å². The van der Waals surface area contributed by atoms with Gasteiger partial charge in [-0.05, 0) is 38.1 Å². The van der Waals surface area contributed by atoms with E-state index in [1.807, 2.05) is 0 Å². The highest BCUT2D eigenvalue weighted by Crippen LogP contribution is 2.40. The van der Waals surface area contributed by atoms with Gasteiger partial charge < -0.3 is 24.4 Å². The Hall–Kier alpha value is -3.51. The van der Waals surface area contributed by atoms with Gasteiger partial charge in [-0.15, -0.1) is 0 Å². The normalized spacial score (nSPS) is 13.8. The highest BCUT2D eigenvalue weighted by Gasteiger charge is 2.16. The molecule has 4 rings (SSSR count). The number of hydrogen-bond acceptors (Lipinski definition) is 10. The SMILES string of the molecule is COc1cc(Nc2cnc3ccc(NC(=O)N(S)CCN4CCCCC4)nc3n2)cc(OC)c1OC. The van der Waals surface area contributed by atoms with Gasteiger partial charge in [-0.1, -0.05) is 19.2 Å². The third-order valence-corrected chi connectivity index (χ3v) is 6.27. The Kier molecular flexibility index (Phi) is 8.49. The second-order valence-corrected chi connectivity index (χ2v) is 8.77. The van der Waals surface area contributed by atoms with Gasteiger partial charge in [0.05, 0.1) is 27.5 Å². The van der Waals surface area contributed by atoms with Gasteiger partial charge in [-0.3, -0.25) is 9.62 Å². The summed E-state index contributed by atoms with van der Waals surface area (Å²) in [5.41, 5.74) is 1.64. The van der Waals surface area contributed by atoms with Gasteiger partial charge in [0.15, 0.2) is 23.0 Å². The van der Waals surface area contributed by atoms with Crippen LogP contribution in [0.5, 0.6) is 17.2 Å². The monoisotopic (exact) mass is 513 g/mol. The Morgan fingerprint density at radius 1 is 1.03 bits per heavy atom. The first-order chi connectivity index (χ1) is 17.5. The van der Waals surface area contributed by atoms with Crippen molar-refractivity contribution in [3.63, 3.8) is 0 Å². The standard InChI is InChI=1S/C24H31N7O4S/c1-33-18-13-16(14-19(34-2)22(18)35-3)26-21-15-25-17-7-8-20(27-23(17)28-21)29-24(32)31(36)12-11-30-9-5-4-6-10-30/h7-8,13-15,36H,4-6,9-12H2,1-3H3,(H2,26,27,28,29,32). The Morgan fingerprint density at radius 3 is 2.39 bits per heavy atom. The number of hydrogen-bond donors (Lipinski definition) is 3. The Bertz CT molecular complexity index is 1180. The second kappa shape index (κ2) is 12.0. The van der Waals surface area contributed by atoms with Crippen molar-refractivity contribution in [2.45, 2.75) is 19.3 Å². The number of nitrogens with one attached hydrogen (secondary N) is 2. The van der Waals surface area contributed by atoms with E-state index < -0.39 is 0 Å². The fraction of sp³-hybridized carbons (Fsp3) is 0.417. The summed E-state index contributed by atoms with van der Waals surface area (Å²) in [5.74, 6) is 2.33. The molecule has 0 radical (unpaired) electrons. The summed E-state index contributed by atoms with van der Waals surface area (Å²) >= 11 is 4.35. The first-order valence-corrected chi connectivity index (χ1v) is 12.1. The summed E-state index contributed by atoms with van der Waals surface area (Å²) in [4.78, 5) is 28.4. The van der Waals surface area contributed by atoms with Crippen molar-refractivity contribution in [1.29, 1.82) is 0 Å². The summed E-state index contributed by atoms with van der Waals surface area (Å²) < 4.78 is 17.5. The number of piperidine rings is 1. The number of amides is 2. The molecule has 0 spiro atoms. The number of fused-ring (bicyclic) bond motifs is 1. The van der Waals surface area contributed by atoms with Crippen LogP contribution in [0.25, 0.3) is 11.2 Å². The Balaban J connectivity index is 1.44. The number of carbonyl (C=O) groups excluding carboxylic acids is 1. The number of methoxy groups -OCH3 is 3. The molecule has 0 saturated carbocycles. The lowest BCUT2D eigenvalue weighted by Crippen LogP contribution is -2.38. The minimum atomic E-state index is -0.346. The number of ether oxygens (including phenoxy) is 3. The molecule has 0 unspecified atom stereocenters. The lowest BCUT2D eigenvalue weighted by atomic mass is 10.1. The van der Waals surface area contributed by atoms with Crippen molar-refractivity contribution in [3.05, 3.63) is 30.5 Å². The molecule has 192 valence electrons. The molecule has 0 bridgehead atoms. The number of rotatable bonds is 9. The van der Waals surface area contributed by atoms with Gasteiger partial charge in [0.1, 0.15) is 11.3 Å². The smallest absolute Gasteiger partial charge is 0.332 e. The number of pyridine rings is 1. The number of likely N-dealkylation sites (tertiary alicyclic amines) is 1. The molecule has 3 heterocycles. The zero-order chi connectivity index (χ0) is 25.5. The number of aromatic nitrogens is 3. The number of urea groups is 1. The fourth-order valence-electron chi connectivity index (χ4n) is 4.02. The molecule has 1 aromatic carbocycles. The molecule has 3 aromatic rings. The number of benzene rings is 1. The van der Waals surface area contributed by atoms with E-state index in [-0.39, 0.29) is 6.03 Å². The molecule has 0 aliphatic carbocycles. The average Bonchev–Trinajstić information content (AvgIpc) is 2.91. The molecule has 1 aliphatic rings. The van der Waals surface area contributed by atoms with Gasteiger partial charge in [-0.25, -0.2) is 19.7 Å². The van der Waals surface area contributed by atoms with Gasteiger partial charge >= 0.3 is 6.03 Å². The molecule has 12 heteroatoms. The Labute approximate surface area is 215 Å². The van der Waals surface area contributed by atoms with E-state index in [2.05, 4.69) is 43.3 Å². The van der Waals surface area contributed by atoms with E-state index in [0.717, 1.165) is 19.6 Å². The van der Waals surface area contributed by atoms with E-state index in [9.17, 15) is 4.79 Å². The maximum Gasteiger partial charge on any atom is 0.332 e. The predicted octanol–water partition coefficient (Wildman–Crippen LogP) is 3.96. The average molecular weight is 514 g/mol. The van der Waals surface area contributed by atoms with E-state index >= 15 is 0 Å². The molecular formula is C24H31N7O4S. The number of carbonyl (C=O) groups is 1. The number of anilines is 3. The van der Waals surface area contributed by atoms with E-state index in [0.29, 0.717) is 52.3 Å². The minimum absolute atomic E-state index is 0.346.